The summed E-state index contributed by atoms with van der Waals surface area (Å²) in [6.07, 6.45) is 0. The maximum atomic E-state index is 0. The van der Waals surface area contributed by atoms with Crippen LogP contribution < -0.4 is 0 Å². The summed E-state index contributed by atoms with van der Waals surface area (Å²) in [5.74, 6) is 0. The van der Waals surface area contributed by atoms with E-state index in [1.54, 1.807) is 0 Å². The van der Waals surface area contributed by atoms with Crippen molar-refractivity contribution < 1.29 is 112 Å². The van der Waals surface area contributed by atoms with Gasteiger partial charge in [-0.2, -0.15) is 0 Å². The molecule has 0 aromatic heterocycles. The molecule has 0 saturated carbocycles. The Bertz CT molecular complexity index is 11.6. The van der Waals surface area contributed by atoms with Crippen LogP contribution in [-0.4, -0.2) is 0 Å². The van der Waals surface area contributed by atoms with Crippen molar-refractivity contribution in [2.45, 2.75) is 0 Å². The summed E-state index contributed by atoms with van der Waals surface area (Å²) in [5, 5.41) is 0. The second-order valence-electron chi connectivity index (χ2n) is 0. The van der Waals surface area contributed by atoms with Gasteiger partial charge < -0.3 is 0 Å². The quantitative estimate of drug-likeness (QED) is 0.520. The van der Waals surface area contributed by atoms with E-state index in [4.69, 9.17) is 0 Å². The molecule has 0 unspecified atom stereocenters. The molecule has 0 atom stereocenters. The number of hydrogen-bond acceptors (Lipinski definition) is 0. The van der Waals surface area contributed by atoms with Crippen LogP contribution >= 0.6 is 0 Å². The van der Waals surface area contributed by atoms with Crippen LogP contribution in [0, 0.1) is 41.7 Å². The Morgan fingerprint density at radius 3 is 1.00 bits per heavy atom. The van der Waals surface area contributed by atoms with E-state index < -0.39 is 0 Å². The van der Waals surface area contributed by atoms with Crippen LogP contribution in [0.5, 0.6) is 0 Å². The van der Waals surface area contributed by atoms with Crippen molar-refractivity contribution in [1.29, 1.82) is 0 Å². The van der Waals surface area contributed by atoms with E-state index in [0.717, 1.165) is 0 Å². The first kappa shape index (κ1) is 38.9. The van der Waals surface area contributed by atoms with Gasteiger partial charge in [0.2, 0.25) is 0 Å². The summed E-state index contributed by atoms with van der Waals surface area (Å²) >= 11 is 0. The smallest absolute Gasteiger partial charge is 0 e. The average molecular weight is 379 g/mol. The van der Waals surface area contributed by atoms with E-state index >= 15 is 0 Å². The second-order valence-corrected chi connectivity index (χ2v) is 0. The van der Waals surface area contributed by atoms with Gasteiger partial charge in [-0.25, -0.2) is 0 Å². The molecular formula is CeCoFeNiZn. The fourth-order valence-corrected chi connectivity index (χ4v) is 0. The molecule has 0 rings (SSSR count). The molecule has 0 nitrogen and oxygen atoms in total. The molecule has 5 heavy (non-hydrogen) atoms. The van der Waals surface area contributed by atoms with Crippen molar-refractivity contribution in [3.8, 4) is 0 Å². The third kappa shape index (κ3) is 18.5. The Labute approximate surface area is 109 Å². The molecule has 0 saturated heterocycles. The van der Waals surface area contributed by atoms with E-state index in [0.29, 0.717) is 0 Å². The number of rotatable bonds is 0. The van der Waals surface area contributed by atoms with Gasteiger partial charge in [0.05, 0.1) is 0 Å². The zero-order valence-electron chi connectivity index (χ0n) is 2.21. The largest absolute Gasteiger partial charge is 0 e. The normalized spacial score (nSPS) is 0. The minimum absolute atomic E-state index is 0. The first-order valence-electron chi connectivity index (χ1n) is 0. The van der Waals surface area contributed by atoms with Gasteiger partial charge in [0.15, 0.2) is 0 Å². The van der Waals surface area contributed by atoms with Crippen LogP contribution in [0.2, 0.25) is 0 Å². The summed E-state index contributed by atoms with van der Waals surface area (Å²) < 4.78 is 0. The molecule has 0 aromatic rings. The van der Waals surface area contributed by atoms with Crippen molar-refractivity contribution >= 4 is 0 Å². The first-order valence-corrected chi connectivity index (χ1v) is 0. The van der Waals surface area contributed by atoms with Gasteiger partial charge in [-0.3, -0.25) is 0 Å². The zero-order valence-corrected chi connectivity index (χ0v) is 11.5. The topological polar surface area (TPSA) is 0 Å². The van der Waals surface area contributed by atoms with E-state index in [1.165, 1.54) is 0 Å². The van der Waals surface area contributed by atoms with Crippen molar-refractivity contribution in [3.63, 3.8) is 0 Å². The average Bonchev–Trinajstić information content (AvgIpc) is 0. The molecule has 0 heterocycles. The Morgan fingerprint density at radius 1 is 1.00 bits per heavy atom. The Hall–Kier alpha value is 3.52. The van der Waals surface area contributed by atoms with Gasteiger partial charge in [0.1, 0.15) is 0 Å². The zero-order chi connectivity index (χ0) is 0. The Balaban J connectivity index is 0. The van der Waals surface area contributed by atoms with Gasteiger partial charge in [0.25, 0.3) is 0 Å². The monoisotopic (exact) mass is 377 g/mol. The van der Waals surface area contributed by atoms with Crippen LogP contribution in [-0.2, 0) is 69.8 Å². The van der Waals surface area contributed by atoms with Crippen LogP contribution in [0.3, 0.4) is 0 Å². The van der Waals surface area contributed by atoms with Gasteiger partial charge in [-0.15, -0.1) is 0 Å². The maximum Gasteiger partial charge on any atom is 0 e. The van der Waals surface area contributed by atoms with Crippen molar-refractivity contribution in [2.75, 3.05) is 0 Å². The fraction of sp³-hybridized carbons (Fsp3) is 0. The molecule has 0 aromatic carbocycles. The fourth-order valence-electron chi connectivity index (χ4n) is 0. The molecule has 5 heteroatoms. The summed E-state index contributed by atoms with van der Waals surface area (Å²) in [5.41, 5.74) is 0. The van der Waals surface area contributed by atoms with E-state index in [1.807, 2.05) is 0 Å². The van der Waals surface area contributed by atoms with Crippen molar-refractivity contribution in [3.05, 3.63) is 0 Å². The van der Waals surface area contributed by atoms with Gasteiger partial charge >= 0.3 is 0 Å². The van der Waals surface area contributed by atoms with Gasteiger partial charge in [-0.05, 0) is 0 Å². The second kappa shape index (κ2) is 25.8. The third-order valence-corrected chi connectivity index (χ3v) is 0. The Morgan fingerprint density at radius 2 is 1.00 bits per heavy atom. The van der Waals surface area contributed by atoms with E-state index in [2.05, 4.69) is 0 Å². The molecule has 0 amide bonds. The molecule has 0 N–H and O–H groups in total. The summed E-state index contributed by atoms with van der Waals surface area (Å²) in [6, 6.07) is 0. The predicted octanol–water partition coefficient (Wildman–Crippen LogP) is -0.0100. The molecule has 0 aliphatic rings. The van der Waals surface area contributed by atoms with E-state index in [-0.39, 0.29) is 112 Å². The SMILES string of the molecule is [Ce].[Co].[Fe].[Ni].[Zn]. The maximum absolute atomic E-state index is 0. The molecule has 0 aliphatic carbocycles. The predicted molar refractivity (Wildman–Crippen MR) is 0 cm³/mol. The first-order chi connectivity index (χ1) is 0. The molecule has 0 aliphatic heterocycles. The summed E-state index contributed by atoms with van der Waals surface area (Å²) in [6.45, 7) is 0. The molecule has 0 bridgehead atoms. The minimum atomic E-state index is 0. The van der Waals surface area contributed by atoms with Gasteiger partial charge in [-0.1, -0.05) is 0 Å². The van der Waals surface area contributed by atoms with Crippen molar-refractivity contribution in [1.82, 2.24) is 0 Å². The molecule has 0 fully saturated rings. The standard InChI is InChI=1S/Ce.Co.Fe.Ni.Zn. The molecular weight excluding hydrogens is 379 g/mol. The van der Waals surface area contributed by atoms with Crippen LogP contribution in [0.4, 0.5) is 0 Å². The van der Waals surface area contributed by atoms with Crippen LogP contribution in [0.1, 0.15) is 0 Å². The van der Waals surface area contributed by atoms with Crippen molar-refractivity contribution in [2.24, 2.45) is 0 Å². The van der Waals surface area contributed by atoms with Crippen LogP contribution in [0.15, 0.2) is 0 Å². The summed E-state index contributed by atoms with van der Waals surface area (Å²) in [7, 11) is 0. The minimum Gasteiger partial charge on any atom is 0 e. The molecule has 33 valence electrons. The summed E-state index contributed by atoms with van der Waals surface area (Å²) in [4.78, 5) is 0. The molecule has 0 spiro atoms. The molecule has 1 radical (unpaired) electrons. The number of hydrogen-bond donors (Lipinski definition) is 0. The van der Waals surface area contributed by atoms with Gasteiger partial charge in [0, 0.05) is 112 Å². The third-order valence-electron chi connectivity index (χ3n) is 0. The Kier molecular flexibility index (Phi) is 201. The van der Waals surface area contributed by atoms with E-state index in [9.17, 15) is 0 Å². The van der Waals surface area contributed by atoms with Crippen LogP contribution in [0.25, 0.3) is 0 Å².